The number of benzene rings is 2. The molecule has 0 aliphatic carbocycles. The molecule has 0 spiro atoms. The normalized spacial score (nSPS) is 16.4. The molecule has 0 atom stereocenters. The third-order valence-electron chi connectivity index (χ3n) is 3.75. The molecule has 0 unspecified atom stereocenters. The summed E-state index contributed by atoms with van der Waals surface area (Å²) in [6.07, 6.45) is 2.23. The van der Waals surface area contributed by atoms with E-state index < -0.39 is 0 Å². The minimum absolute atomic E-state index is 0.764. The maximum Gasteiger partial charge on any atom is 0.136 e. The van der Waals surface area contributed by atoms with Crippen molar-refractivity contribution in [3.05, 3.63) is 70.2 Å². The lowest BCUT2D eigenvalue weighted by Gasteiger charge is -2.29. The van der Waals surface area contributed by atoms with E-state index in [0.29, 0.717) is 0 Å². The van der Waals surface area contributed by atoms with Gasteiger partial charge in [0.05, 0.1) is 12.2 Å². The molecule has 4 rings (SSSR count). The second-order valence-corrected chi connectivity index (χ2v) is 5.42. The molecular formula is C17H13ClN2. The molecule has 0 aromatic heterocycles. The zero-order valence-corrected chi connectivity index (χ0v) is 11.6. The van der Waals surface area contributed by atoms with E-state index in [1.807, 2.05) is 18.2 Å². The van der Waals surface area contributed by atoms with E-state index in [4.69, 9.17) is 11.6 Å². The monoisotopic (exact) mass is 280 g/mol. The Bertz CT molecular complexity index is 746. The van der Waals surface area contributed by atoms with Gasteiger partial charge in [0.15, 0.2) is 0 Å². The molecule has 20 heavy (non-hydrogen) atoms. The quantitative estimate of drug-likeness (QED) is 0.773. The standard InChI is InChI=1S/C17H13ClN2/c18-14-6-3-5-13(10-14)16-11-12-4-1-2-7-15(12)17-19-8-9-20(16)17/h1-7,10-11H,8-9H2. The van der Waals surface area contributed by atoms with Crippen LogP contribution in [0.25, 0.3) is 11.8 Å². The van der Waals surface area contributed by atoms with Crippen LogP contribution in [0.3, 0.4) is 0 Å². The lowest BCUT2D eigenvalue weighted by atomic mass is 9.97. The first-order valence-electron chi connectivity index (χ1n) is 6.72. The number of fused-ring (bicyclic) bond motifs is 3. The summed E-state index contributed by atoms with van der Waals surface area (Å²) in [5, 5.41) is 0.764. The van der Waals surface area contributed by atoms with Gasteiger partial charge in [0.1, 0.15) is 5.84 Å². The second-order valence-electron chi connectivity index (χ2n) is 4.98. The van der Waals surface area contributed by atoms with Gasteiger partial charge in [-0.25, -0.2) is 0 Å². The van der Waals surface area contributed by atoms with Crippen LogP contribution in [-0.4, -0.2) is 23.8 Å². The van der Waals surface area contributed by atoms with Gasteiger partial charge >= 0.3 is 0 Å². The average molecular weight is 281 g/mol. The highest BCUT2D eigenvalue weighted by atomic mass is 35.5. The highest BCUT2D eigenvalue weighted by Crippen LogP contribution is 2.33. The summed E-state index contributed by atoms with van der Waals surface area (Å²) in [4.78, 5) is 6.95. The molecule has 2 heterocycles. The zero-order chi connectivity index (χ0) is 13.5. The van der Waals surface area contributed by atoms with Crippen molar-refractivity contribution in [3.63, 3.8) is 0 Å². The number of rotatable bonds is 1. The fourth-order valence-electron chi connectivity index (χ4n) is 2.85. The fourth-order valence-corrected chi connectivity index (χ4v) is 3.04. The minimum atomic E-state index is 0.764. The van der Waals surface area contributed by atoms with Crippen molar-refractivity contribution in [2.75, 3.05) is 13.1 Å². The topological polar surface area (TPSA) is 15.6 Å². The predicted molar refractivity (Wildman–Crippen MR) is 83.9 cm³/mol. The largest absolute Gasteiger partial charge is 0.324 e. The summed E-state index contributed by atoms with van der Waals surface area (Å²) < 4.78 is 0. The lowest BCUT2D eigenvalue weighted by molar-refractivity contribution is 0.638. The number of halogens is 1. The number of amidine groups is 1. The molecule has 2 nitrogen and oxygen atoms in total. The van der Waals surface area contributed by atoms with E-state index >= 15 is 0 Å². The van der Waals surface area contributed by atoms with Gasteiger partial charge in [-0.1, -0.05) is 48.0 Å². The van der Waals surface area contributed by atoms with Gasteiger partial charge in [0.25, 0.3) is 0 Å². The van der Waals surface area contributed by atoms with E-state index in [0.717, 1.165) is 29.5 Å². The van der Waals surface area contributed by atoms with Crippen LogP contribution < -0.4 is 0 Å². The van der Waals surface area contributed by atoms with Gasteiger partial charge in [-0.2, -0.15) is 0 Å². The maximum absolute atomic E-state index is 6.13. The first kappa shape index (κ1) is 11.7. The van der Waals surface area contributed by atoms with Crippen molar-refractivity contribution in [3.8, 4) is 0 Å². The Balaban J connectivity index is 1.92. The zero-order valence-electron chi connectivity index (χ0n) is 10.9. The first-order valence-corrected chi connectivity index (χ1v) is 7.10. The number of hydrogen-bond donors (Lipinski definition) is 0. The van der Waals surface area contributed by atoms with E-state index in [2.05, 4.69) is 46.3 Å². The number of nitrogens with zero attached hydrogens (tertiary/aromatic N) is 2. The molecule has 98 valence electrons. The van der Waals surface area contributed by atoms with Crippen molar-refractivity contribution in [1.29, 1.82) is 0 Å². The van der Waals surface area contributed by atoms with Crippen LogP contribution in [0.4, 0.5) is 0 Å². The van der Waals surface area contributed by atoms with Gasteiger partial charge < -0.3 is 4.90 Å². The second kappa shape index (κ2) is 4.50. The molecule has 2 aromatic rings. The van der Waals surface area contributed by atoms with Crippen LogP contribution in [0.5, 0.6) is 0 Å². The summed E-state index contributed by atoms with van der Waals surface area (Å²) >= 11 is 6.13. The molecule has 2 aliphatic heterocycles. The summed E-state index contributed by atoms with van der Waals surface area (Å²) in [6.45, 7) is 1.78. The molecule has 3 heteroatoms. The highest BCUT2D eigenvalue weighted by Gasteiger charge is 2.28. The Hall–Kier alpha value is -2.06. The number of hydrogen-bond acceptors (Lipinski definition) is 2. The Labute approximate surface area is 123 Å². The Morgan fingerprint density at radius 2 is 1.95 bits per heavy atom. The van der Waals surface area contributed by atoms with Gasteiger partial charge in [-0.3, -0.25) is 4.99 Å². The van der Waals surface area contributed by atoms with Crippen LogP contribution in [-0.2, 0) is 0 Å². The van der Waals surface area contributed by atoms with Crippen molar-refractivity contribution in [1.82, 2.24) is 4.90 Å². The lowest BCUT2D eigenvalue weighted by Crippen LogP contribution is -2.30. The van der Waals surface area contributed by atoms with Gasteiger partial charge in [0, 0.05) is 17.1 Å². The Morgan fingerprint density at radius 1 is 1.05 bits per heavy atom. The molecular weight excluding hydrogens is 268 g/mol. The van der Waals surface area contributed by atoms with E-state index in [1.54, 1.807) is 0 Å². The van der Waals surface area contributed by atoms with E-state index in [1.165, 1.54) is 16.8 Å². The first-order chi connectivity index (χ1) is 9.83. The summed E-state index contributed by atoms with van der Waals surface area (Å²) in [5.41, 5.74) is 4.76. The molecule has 0 N–H and O–H groups in total. The molecule has 2 aromatic carbocycles. The Kier molecular flexibility index (Phi) is 2.64. The summed E-state index contributed by atoms with van der Waals surface area (Å²) in [5.74, 6) is 1.08. The van der Waals surface area contributed by atoms with Crippen LogP contribution in [0.1, 0.15) is 16.7 Å². The summed E-state index contributed by atoms with van der Waals surface area (Å²) in [7, 11) is 0. The van der Waals surface area contributed by atoms with Crippen molar-refractivity contribution in [2.45, 2.75) is 0 Å². The van der Waals surface area contributed by atoms with Crippen LogP contribution >= 0.6 is 11.6 Å². The van der Waals surface area contributed by atoms with Crippen LogP contribution in [0.2, 0.25) is 5.02 Å². The fraction of sp³-hybridized carbons (Fsp3) is 0.118. The molecule has 0 saturated heterocycles. The van der Waals surface area contributed by atoms with E-state index in [9.17, 15) is 0 Å². The van der Waals surface area contributed by atoms with Gasteiger partial charge in [0.2, 0.25) is 0 Å². The molecule has 0 bridgehead atoms. The highest BCUT2D eigenvalue weighted by molar-refractivity contribution is 6.30. The third-order valence-corrected chi connectivity index (χ3v) is 3.98. The van der Waals surface area contributed by atoms with Crippen molar-refractivity contribution in [2.24, 2.45) is 4.99 Å². The van der Waals surface area contributed by atoms with Gasteiger partial charge in [-0.05, 0) is 29.3 Å². The SMILES string of the molecule is Clc1cccc(C2=Cc3ccccc3C3=NCCN23)c1. The molecule has 0 radical (unpaired) electrons. The van der Waals surface area contributed by atoms with Crippen LogP contribution in [0, 0.1) is 0 Å². The number of aliphatic imine (C=N–C) groups is 1. The van der Waals surface area contributed by atoms with Crippen molar-refractivity contribution >= 4 is 29.2 Å². The molecule has 0 amide bonds. The third kappa shape index (κ3) is 1.76. The molecule has 0 fully saturated rings. The van der Waals surface area contributed by atoms with Crippen LogP contribution in [0.15, 0.2) is 53.5 Å². The average Bonchev–Trinajstić information content (AvgIpc) is 2.96. The molecule has 2 aliphatic rings. The predicted octanol–water partition coefficient (Wildman–Crippen LogP) is 3.91. The minimum Gasteiger partial charge on any atom is -0.324 e. The maximum atomic E-state index is 6.13. The van der Waals surface area contributed by atoms with Crippen molar-refractivity contribution < 1.29 is 0 Å². The van der Waals surface area contributed by atoms with E-state index in [-0.39, 0.29) is 0 Å². The molecule has 0 saturated carbocycles. The Morgan fingerprint density at radius 3 is 2.85 bits per heavy atom. The van der Waals surface area contributed by atoms with Gasteiger partial charge in [-0.15, -0.1) is 0 Å². The summed E-state index contributed by atoms with van der Waals surface area (Å²) in [6, 6.07) is 16.4. The smallest absolute Gasteiger partial charge is 0.136 e.